The molecule has 0 atom stereocenters. The SMILES string of the molecule is COC(=O)c1cccc(N=C2SC(=Cc3cc(Cl)ccc3OC(C)C)C(=O)N2C)c1. The fourth-order valence-electron chi connectivity index (χ4n) is 2.72. The predicted octanol–water partition coefficient (Wildman–Crippen LogP) is 5.15. The van der Waals surface area contributed by atoms with Crippen molar-refractivity contribution >= 4 is 52.2 Å². The average Bonchev–Trinajstić information content (AvgIpc) is 2.97. The number of rotatable bonds is 5. The Hall–Kier alpha value is -2.77. The lowest BCUT2D eigenvalue weighted by molar-refractivity contribution is -0.121. The van der Waals surface area contributed by atoms with Crippen LogP contribution in [-0.2, 0) is 9.53 Å². The summed E-state index contributed by atoms with van der Waals surface area (Å²) in [5.74, 6) is 0.0206. The molecule has 0 saturated carbocycles. The second kappa shape index (κ2) is 9.36. The number of nitrogens with zero attached hydrogens (tertiary/aromatic N) is 2. The molecule has 156 valence electrons. The first kappa shape index (κ1) is 21.9. The van der Waals surface area contributed by atoms with Gasteiger partial charge in [0.2, 0.25) is 0 Å². The van der Waals surface area contributed by atoms with Crippen molar-refractivity contribution in [2.24, 2.45) is 4.99 Å². The highest BCUT2D eigenvalue weighted by Crippen LogP contribution is 2.35. The third-order valence-corrected chi connectivity index (χ3v) is 5.41. The standard InChI is InChI=1S/C22H21ClN2O4S/c1-13(2)29-18-9-8-16(23)10-15(18)12-19-20(26)25(3)22(30-19)24-17-7-5-6-14(11-17)21(27)28-4/h5-13H,1-4H3. The van der Waals surface area contributed by atoms with Crippen molar-refractivity contribution in [1.29, 1.82) is 0 Å². The summed E-state index contributed by atoms with van der Waals surface area (Å²) in [6, 6.07) is 12.0. The van der Waals surface area contributed by atoms with Gasteiger partial charge in [0.1, 0.15) is 5.75 Å². The molecule has 2 aromatic carbocycles. The minimum Gasteiger partial charge on any atom is -0.490 e. The molecule has 1 amide bonds. The summed E-state index contributed by atoms with van der Waals surface area (Å²) in [5.41, 5.74) is 1.66. The highest BCUT2D eigenvalue weighted by Gasteiger charge is 2.30. The van der Waals surface area contributed by atoms with E-state index in [4.69, 9.17) is 21.1 Å². The molecule has 0 unspecified atom stereocenters. The smallest absolute Gasteiger partial charge is 0.337 e. The van der Waals surface area contributed by atoms with Crippen LogP contribution in [0.5, 0.6) is 5.75 Å². The van der Waals surface area contributed by atoms with Crippen molar-refractivity contribution in [3.05, 3.63) is 63.5 Å². The number of ether oxygens (including phenoxy) is 2. The fraction of sp³-hybridized carbons (Fsp3) is 0.227. The zero-order valence-electron chi connectivity index (χ0n) is 17.0. The minimum absolute atomic E-state index is 0.0165. The first-order valence-corrected chi connectivity index (χ1v) is 10.4. The molecule has 1 heterocycles. The van der Waals surface area contributed by atoms with Crippen molar-refractivity contribution in [1.82, 2.24) is 4.90 Å². The van der Waals surface area contributed by atoms with Crippen molar-refractivity contribution in [2.75, 3.05) is 14.2 Å². The van der Waals surface area contributed by atoms with E-state index < -0.39 is 5.97 Å². The highest BCUT2D eigenvalue weighted by molar-refractivity contribution is 8.18. The topological polar surface area (TPSA) is 68.2 Å². The summed E-state index contributed by atoms with van der Waals surface area (Å²) < 4.78 is 10.6. The molecular weight excluding hydrogens is 424 g/mol. The summed E-state index contributed by atoms with van der Waals surface area (Å²) in [7, 11) is 2.98. The van der Waals surface area contributed by atoms with Gasteiger partial charge in [0.05, 0.1) is 29.4 Å². The van der Waals surface area contributed by atoms with Crippen LogP contribution in [0.15, 0.2) is 52.4 Å². The number of thioether (sulfide) groups is 1. The first-order chi connectivity index (χ1) is 14.3. The zero-order chi connectivity index (χ0) is 21.8. The molecule has 0 aliphatic carbocycles. The molecule has 0 bridgehead atoms. The Balaban J connectivity index is 1.93. The van der Waals surface area contributed by atoms with Gasteiger partial charge in [0, 0.05) is 17.6 Å². The molecule has 30 heavy (non-hydrogen) atoms. The normalized spacial score (nSPS) is 16.6. The second-order valence-corrected chi connectivity index (χ2v) is 8.21. The summed E-state index contributed by atoms with van der Waals surface area (Å²) in [6.07, 6.45) is 1.73. The molecule has 1 saturated heterocycles. The van der Waals surface area contributed by atoms with E-state index >= 15 is 0 Å². The first-order valence-electron chi connectivity index (χ1n) is 9.19. The van der Waals surface area contributed by atoms with Crippen LogP contribution >= 0.6 is 23.4 Å². The fourth-order valence-corrected chi connectivity index (χ4v) is 3.88. The quantitative estimate of drug-likeness (QED) is 0.471. The molecule has 8 heteroatoms. The second-order valence-electron chi connectivity index (χ2n) is 6.76. The Bertz CT molecular complexity index is 1050. The van der Waals surface area contributed by atoms with Gasteiger partial charge in [0.25, 0.3) is 5.91 Å². The van der Waals surface area contributed by atoms with Gasteiger partial charge in [0.15, 0.2) is 5.17 Å². The maximum Gasteiger partial charge on any atom is 0.337 e. The Morgan fingerprint density at radius 3 is 2.70 bits per heavy atom. The van der Waals surface area contributed by atoms with E-state index in [1.807, 2.05) is 13.8 Å². The van der Waals surface area contributed by atoms with Crippen LogP contribution in [0.3, 0.4) is 0 Å². The largest absolute Gasteiger partial charge is 0.490 e. The van der Waals surface area contributed by atoms with Gasteiger partial charge < -0.3 is 9.47 Å². The minimum atomic E-state index is -0.445. The Labute approximate surface area is 184 Å². The molecule has 1 aliphatic rings. The molecule has 1 aliphatic heterocycles. The van der Waals surface area contributed by atoms with Gasteiger partial charge in [-0.05, 0) is 68.1 Å². The molecule has 2 aromatic rings. The summed E-state index contributed by atoms with van der Waals surface area (Å²) in [6.45, 7) is 3.87. The number of benzene rings is 2. The number of carbonyl (C=O) groups is 2. The van der Waals surface area contributed by atoms with Crippen LogP contribution < -0.4 is 4.74 Å². The van der Waals surface area contributed by atoms with Crippen LogP contribution in [0.25, 0.3) is 6.08 Å². The lowest BCUT2D eigenvalue weighted by Gasteiger charge is -2.13. The zero-order valence-corrected chi connectivity index (χ0v) is 18.6. The van der Waals surface area contributed by atoms with Crippen LogP contribution in [0.1, 0.15) is 29.8 Å². The number of esters is 1. The van der Waals surface area contributed by atoms with E-state index in [0.717, 1.165) is 5.56 Å². The number of methoxy groups -OCH3 is 1. The number of hydrogen-bond acceptors (Lipinski definition) is 6. The molecule has 0 radical (unpaired) electrons. The number of likely N-dealkylation sites (N-methyl/N-ethyl adjacent to an activating group) is 1. The van der Waals surface area contributed by atoms with E-state index in [1.54, 1.807) is 55.6 Å². The Morgan fingerprint density at radius 1 is 1.23 bits per heavy atom. The van der Waals surface area contributed by atoms with Crippen molar-refractivity contribution in [3.63, 3.8) is 0 Å². The maximum absolute atomic E-state index is 12.8. The number of aliphatic imine (C=N–C) groups is 1. The van der Waals surface area contributed by atoms with Gasteiger partial charge in [-0.1, -0.05) is 17.7 Å². The van der Waals surface area contributed by atoms with Gasteiger partial charge in [-0.25, -0.2) is 9.79 Å². The number of hydrogen-bond donors (Lipinski definition) is 0. The van der Waals surface area contributed by atoms with Gasteiger partial charge in [-0.3, -0.25) is 9.69 Å². The summed E-state index contributed by atoms with van der Waals surface area (Å²) in [4.78, 5) is 31.0. The lowest BCUT2D eigenvalue weighted by atomic mass is 10.1. The Morgan fingerprint density at radius 2 is 2.00 bits per heavy atom. The molecule has 6 nitrogen and oxygen atoms in total. The number of halogens is 1. The highest BCUT2D eigenvalue weighted by atomic mass is 35.5. The molecule has 0 spiro atoms. The van der Waals surface area contributed by atoms with Gasteiger partial charge in [-0.2, -0.15) is 0 Å². The van der Waals surface area contributed by atoms with E-state index in [2.05, 4.69) is 4.99 Å². The van der Waals surface area contributed by atoms with E-state index in [0.29, 0.717) is 32.1 Å². The molecular formula is C22H21ClN2O4S. The summed E-state index contributed by atoms with van der Waals surface area (Å²) >= 11 is 7.39. The molecule has 0 N–H and O–H groups in total. The van der Waals surface area contributed by atoms with Crippen LogP contribution in [-0.4, -0.2) is 42.2 Å². The number of amides is 1. The summed E-state index contributed by atoms with van der Waals surface area (Å²) in [5, 5.41) is 1.05. The maximum atomic E-state index is 12.8. The monoisotopic (exact) mass is 444 g/mol. The average molecular weight is 445 g/mol. The van der Waals surface area contributed by atoms with E-state index in [-0.39, 0.29) is 12.0 Å². The third kappa shape index (κ3) is 5.04. The van der Waals surface area contributed by atoms with Crippen LogP contribution in [0.2, 0.25) is 5.02 Å². The van der Waals surface area contributed by atoms with Crippen molar-refractivity contribution in [3.8, 4) is 5.75 Å². The number of amidine groups is 1. The molecule has 1 fully saturated rings. The Kier molecular flexibility index (Phi) is 6.84. The van der Waals surface area contributed by atoms with Crippen LogP contribution in [0, 0.1) is 0 Å². The third-order valence-electron chi connectivity index (χ3n) is 4.12. The van der Waals surface area contributed by atoms with E-state index in [1.165, 1.54) is 23.8 Å². The molecule has 0 aromatic heterocycles. The number of carbonyl (C=O) groups excluding carboxylic acids is 2. The van der Waals surface area contributed by atoms with Crippen molar-refractivity contribution < 1.29 is 19.1 Å². The van der Waals surface area contributed by atoms with E-state index in [9.17, 15) is 9.59 Å². The predicted molar refractivity (Wildman–Crippen MR) is 120 cm³/mol. The van der Waals surface area contributed by atoms with Gasteiger partial charge in [-0.15, -0.1) is 0 Å². The van der Waals surface area contributed by atoms with Crippen molar-refractivity contribution in [2.45, 2.75) is 20.0 Å². The van der Waals surface area contributed by atoms with Gasteiger partial charge >= 0.3 is 5.97 Å². The molecule has 3 rings (SSSR count). The lowest BCUT2D eigenvalue weighted by Crippen LogP contribution is -2.23. The van der Waals surface area contributed by atoms with Crippen LogP contribution in [0.4, 0.5) is 5.69 Å².